The van der Waals surface area contributed by atoms with Crippen molar-refractivity contribution in [1.29, 1.82) is 0 Å². The van der Waals surface area contributed by atoms with Crippen LogP contribution in [0.4, 0.5) is 0 Å². The summed E-state index contributed by atoms with van der Waals surface area (Å²) in [5.74, 6) is 0. The molecule has 0 saturated heterocycles. The zero-order chi connectivity index (χ0) is 13.8. The summed E-state index contributed by atoms with van der Waals surface area (Å²) in [6, 6.07) is 10.7. The molecule has 94 valence electrons. The first-order chi connectivity index (χ1) is 9.11. The summed E-state index contributed by atoms with van der Waals surface area (Å²) in [4.78, 5) is 4.42. The third kappa shape index (κ3) is 2.99. The molecule has 2 aromatic rings. The second-order valence-electron chi connectivity index (χ2n) is 4.13. The number of rotatable bonds is 3. The Kier molecular flexibility index (Phi) is 3.95. The highest BCUT2D eigenvalue weighted by molar-refractivity contribution is 6.58. The second-order valence-corrected chi connectivity index (χ2v) is 4.13. The highest BCUT2D eigenvalue weighted by atomic mass is 16.4. The number of allylic oxidation sites excluding steroid dienone is 1. The SMILES string of the molecule is C=C/C=c1/ccc(-c2ccc(B(O)O)cc2)nc1=C. The van der Waals surface area contributed by atoms with Crippen molar-refractivity contribution in [2.75, 3.05) is 0 Å². The lowest BCUT2D eigenvalue weighted by Gasteiger charge is -2.03. The van der Waals surface area contributed by atoms with E-state index in [1.807, 2.05) is 18.2 Å². The Morgan fingerprint density at radius 2 is 1.74 bits per heavy atom. The van der Waals surface area contributed by atoms with Crippen LogP contribution in [0.25, 0.3) is 23.9 Å². The second kappa shape index (κ2) is 5.65. The van der Waals surface area contributed by atoms with Gasteiger partial charge in [0.05, 0.1) is 11.0 Å². The summed E-state index contributed by atoms with van der Waals surface area (Å²) >= 11 is 0. The van der Waals surface area contributed by atoms with Crippen LogP contribution in [0.3, 0.4) is 0 Å². The van der Waals surface area contributed by atoms with Crippen molar-refractivity contribution in [3.63, 3.8) is 0 Å². The summed E-state index contributed by atoms with van der Waals surface area (Å²) in [5, 5.41) is 19.7. The number of aromatic nitrogens is 1. The van der Waals surface area contributed by atoms with Crippen LogP contribution in [-0.4, -0.2) is 22.2 Å². The highest BCUT2D eigenvalue weighted by Crippen LogP contribution is 2.12. The van der Waals surface area contributed by atoms with Gasteiger partial charge >= 0.3 is 7.12 Å². The van der Waals surface area contributed by atoms with Crippen LogP contribution in [-0.2, 0) is 0 Å². The minimum Gasteiger partial charge on any atom is -0.423 e. The van der Waals surface area contributed by atoms with Crippen molar-refractivity contribution in [1.82, 2.24) is 4.98 Å². The van der Waals surface area contributed by atoms with Crippen molar-refractivity contribution in [3.8, 4) is 11.3 Å². The monoisotopic (exact) mass is 251 g/mol. The van der Waals surface area contributed by atoms with Gasteiger partial charge in [0.15, 0.2) is 0 Å². The summed E-state index contributed by atoms with van der Waals surface area (Å²) in [7, 11) is -1.45. The molecule has 0 fully saturated rings. The molecule has 0 saturated carbocycles. The predicted octanol–water partition coefficient (Wildman–Crippen LogP) is -0.195. The molecular weight excluding hydrogens is 237 g/mol. The summed E-state index contributed by atoms with van der Waals surface area (Å²) in [6.45, 7) is 7.55. The van der Waals surface area contributed by atoms with Crippen molar-refractivity contribution < 1.29 is 10.0 Å². The molecule has 1 aromatic heterocycles. The number of benzene rings is 1. The van der Waals surface area contributed by atoms with Gasteiger partial charge in [-0.25, -0.2) is 4.98 Å². The smallest absolute Gasteiger partial charge is 0.423 e. The lowest BCUT2D eigenvalue weighted by molar-refractivity contribution is 0.426. The van der Waals surface area contributed by atoms with Gasteiger partial charge in [0.1, 0.15) is 0 Å². The predicted molar refractivity (Wildman–Crippen MR) is 78.9 cm³/mol. The standard InChI is InChI=1S/C15H14BNO2/c1-3-4-12-7-10-15(17-11(12)2)13-5-8-14(9-6-13)16(18)19/h3-10,18-19H,1-2H2/b12-4-. The van der Waals surface area contributed by atoms with Crippen LogP contribution in [0.5, 0.6) is 0 Å². The van der Waals surface area contributed by atoms with E-state index in [4.69, 9.17) is 10.0 Å². The molecule has 4 heteroatoms. The molecule has 0 unspecified atom stereocenters. The van der Waals surface area contributed by atoms with Gasteiger partial charge in [-0.15, -0.1) is 0 Å². The molecule has 0 aliphatic carbocycles. The fourth-order valence-corrected chi connectivity index (χ4v) is 1.78. The molecule has 0 amide bonds. The fraction of sp³-hybridized carbons (Fsp3) is 0. The minimum atomic E-state index is -1.45. The molecule has 2 rings (SSSR count). The number of pyridine rings is 1. The van der Waals surface area contributed by atoms with Gasteiger partial charge in [-0.1, -0.05) is 55.6 Å². The Balaban J connectivity index is 2.42. The van der Waals surface area contributed by atoms with E-state index in [2.05, 4.69) is 18.1 Å². The molecule has 3 nitrogen and oxygen atoms in total. The first kappa shape index (κ1) is 13.3. The van der Waals surface area contributed by atoms with E-state index in [0.717, 1.165) is 16.5 Å². The molecule has 19 heavy (non-hydrogen) atoms. The summed E-state index contributed by atoms with van der Waals surface area (Å²) in [6.07, 6.45) is 3.55. The van der Waals surface area contributed by atoms with Crippen LogP contribution in [0.2, 0.25) is 0 Å². The summed E-state index contributed by atoms with van der Waals surface area (Å²) < 4.78 is 0. The number of nitrogens with zero attached hydrogens (tertiary/aromatic N) is 1. The van der Waals surface area contributed by atoms with E-state index in [1.165, 1.54) is 0 Å². The first-order valence-corrected chi connectivity index (χ1v) is 5.87. The maximum atomic E-state index is 9.04. The zero-order valence-electron chi connectivity index (χ0n) is 10.5. The van der Waals surface area contributed by atoms with E-state index >= 15 is 0 Å². The van der Waals surface area contributed by atoms with Crippen molar-refractivity contribution in [2.45, 2.75) is 0 Å². The van der Waals surface area contributed by atoms with Crippen LogP contribution in [0.1, 0.15) is 0 Å². The number of hydrogen-bond donors (Lipinski definition) is 2. The van der Waals surface area contributed by atoms with Gasteiger partial charge in [-0.2, -0.15) is 0 Å². The fourth-order valence-electron chi connectivity index (χ4n) is 1.78. The molecular formula is C15H14BNO2. The van der Waals surface area contributed by atoms with Crippen molar-refractivity contribution >= 4 is 25.2 Å². The molecule has 1 aromatic carbocycles. The first-order valence-electron chi connectivity index (χ1n) is 5.87. The van der Waals surface area contributed by atoms with Gasteiger partial charge < -0.3 is 10.0 Å². The average Bonchev–Trinajstić information content (AvgIpc) is 2.41. The maximum Gasteiger partial charge on any atom is 0.488 e. The van der Waals surface area contributed by atoms with Crippen LogP contribution in [0, 0.1) is 0 Å². The molecule has 0 spiro atoms. The molecule has 2 N–H and O–H groups in total. The van der Waals surface area contributed by atoms with E-state index in [9.17, 15) is 0 Å². The maximum absolute atomic E-state index is 9.04. The van der Waals surface area contributed by atoms with E-state index < -0.39 is 7.12 Å². The number of hydrogen-bond acceptors (Lipinski definition) is 3. The lowest BCUT2D eigenvalue weighted by Crippen LogP contribution is -2.29. The van der Waals surface area contributed by atoms with Gasteiger partial charge in [-0.05, 0) is 16.7 Å². The molecule has 0 aliphatic rings. The molecule has 1 heterocycles. The summed E-state index contributed by atoms with van der Waals surface area (Å²) in [5.41, 5.74) is 2.15. The van der Waals surface area contributed by atoms with E-state index in [1.54, 1.807) is 30.3 Å². The highest BCUT2D eigenvalue weighted by Gasteiger charge is 2.10. The quantitative estimate of drug-likeness (QED) is 0.743. The topological polar surface area (TPSA) is 53.4 Å². The third-order valence-corrected chi connectivity index (χ3v) is 2.81. The molecule has 0 aliphatic heterocycles. The van der Waals surface area contributed by atoms with Gasteiger partial charge in [0.25, 0.3) is 0 Å². The van der Waals surface area contributed by atoms with Gasteiger partial charge in [0.2, 0.25) is 0 Å². The Morgan fingerprint density at radius 1 is 1.05 bits per heavy atom. The van der Waals surface area contributed by atoms with Crippen LogP contribution >= 0.6 is 0 Å². The average molecular weight is 251 g/mol. The third-order valence-electron chi connectivity index (χ3n) is 2.81. The van der Waals surface area contributed by atoms with Gasteiger partial charge in [-0.3, -0.25) is 0 Å². The zero-order valence-corrected chi connectivity index (χ0v) is 10.5. The largest absolute Gasteiger partial charge is 0.488 e. The Hall–Kier alpha value is -2.17. The Morgan fingerprint density at radius 3 is 2.26 bits per heavy atom. The van der Waals surface area contributed by atoms with Crippen LogP contribution < -0.4 is 16.0 Å². The molecule has 0 atom stereocenters. The Bertz CT molecular complexity index is 693. The minimum absolute atomic E-state index is 0.454. The van der Waals surface area contributed by atoms with Crippen molar-refractivity contribution in [3.05, 3.63) is 59.6 Å². The molecule has 0 bridgehead atoms. The normalized spacial score (nSPS) is 11.4. The Labute approximate surface area is 112 Å². The van der Waals surface area contributed by atoms with E-state index in [-0.39, 0.29) is 0 Å². The lowest BCUT2D eigenvalue weighted by atomic mass is 9.80. The van der Waals surface area contributed by atoms with E-state index in [0.29, 0.717) is 10.8 Å². The van der Waals surface area contributed by atoms with Crippen molar-refractivity contribution in [2.24, 2.45) is 0 Å². The van der Waals surface area contributed by atoms with Gasteiger partial charge in [0, 0.05) is 5.56 Å². The molecule has 0 radical (unpaired) electrons. The van der Waals surface area contributed by atoms with Crippen LogP contribution in [0.15, 0.2) is 49.1 Å².